The predicted molar refractivity (Wildman–Crippen MR) is 111 cm³/mol. The molecule has 0 unspecified atom stereocenters. The molecule has 0 fully saturated rings. The molecule has 1 heterocycles. The number of fused-ring (bicyclic) bond motifs is 1. The molecule has 0 saturated heterocycles. The van der Waals surface area contributed by atoms with Gasteiger partial charge in [0.1, 0.15) is 17.6 Å². The Kier molecular flexibility index (Phi) is 7.88. The first kappa shape index (κ1) is 24.0. The summed E-state index contributed by atoms with van der Waals surface area (Å²) in [6.45, 7) is 3.20. The fraction of sp³-hybridized carbons (Fsp3) is 0.391. The van der Waals surface area contributed by atoms with E-state index in [1.165, 1.54) is 12.2 Å². The molecule has 0 radical (unpaired) electrons. The van der Waals surface area contributed by atoms with Gasteiger partial charge in [-0.1, -0.05) is 32.6 Å². The molecule has 8 nitrogen and oxygen atoms in total. The number of aliphatic hydroxyl groups is 1. The summed E-state index contributed by atoms with van der Waals surface area (Å²) in [4.78, 5) is 48.1. The van der Waals surface area contributed by atoms with E-state index in [1.807, 2.05) is 0 Å². The third-order valence-electron chi connectivity index (χ3n) is 5.09. The molecule has 0 aromatic rings. The van der Waals surface area contributed by atoms with Crippen molar-refractivity contribution in [3.63, 3.8) is 0 Å². The number of unbranched alkanes of at least 4 members (excludes halogenated alkanes) is 4. The van der Waals surface area contributed by atoms with Crippen LogP contribution in [0.4, 0.5) is 0 Å². The normalized spacial score (nSPS) is 22.2. The van der Waals surface area contributed by atoms with Crippen LogP contribution in [0.1, 0.15) is 52.4 Å². The van der Waals surface area contributed by atoms with Gasteiger partial charge in [-0.2, -0.15) is 0 Å². The van der Waals surface area contributed by atoms with Gasteiger partial charge in [0.25, 0.3) is 0 Å². The van der Waals surface area contributed by atoms with Crippen LogP contribution in [0.5, 0.6) is 0 Å². The van der Waals surface area contributed by atoms with E-state index in [9.17, 15) is 29.4 Å². The zero-order valence-electron chi connectivity index (χ0n) is 17.5. The van der Waals surface area contributed by atoms with Gasteiger partial charge in [-0.05, 0) is 37.1 Å². The number of allylic oxidation sites excluding steroid dienone is 3. The zero-order chi connectivity index (χ0) is 23.2. The Labute approximate surface area is 179 Å². The van der Waals surface area contributed by atoms with E-state index in [2.05, 4.69) is 6.92 Å². The van der Waals surface area contributed by atoms with Crippen molar-refractivity contribution in [3.05, 3.63) is 58.6 Å². The molecule has 166 valence electrons. The summed E-state index contributed by atoms with van der Waals surface area (Å²) < 4.78 is 5.21. The number of ether oxygens (including phenoxy) is 1. The van der Waals surface area contributed by atoms with E-state index in [0.717, 1.165) is 51.0 Å². The number of carboxylic acids is 2. The molecule has 0 aromatic heterocycles. The third-order valence-corrected chi connectivity index (χ3v) is 5.09. The molecule has 2 rings (SSSR count). The van der Waals surface area contributed by atoms with Crippen molar-refractivity contribution in [1.82, 2.24) is 0 Å². The topological polar surface area (TPSA) is 138 Å². The average molecular weight is 430 g/mol. The highest BCUT2D eigenvalue weighted by Gasteiger charge is 2.44. The highest BCUT2D eigenvalue weighted by molar-refractivity contribution is 6.20. The first-order valence-electron chi connectivity index (χ1n) is 10.1. The molecule has 0 amide bonds. The molecule has 0 saturated carbocycles. The first-order chi connectivity index (χ1) is 14.6. The average Bonchev–Trinajstić information content (AvgIpc) is 2.70. The fourth-order valence-corrected chi connectivity index (χ4v) is 3.40. The smallest absolute Gasteiger partial charge is 0.339 e. The van der Waals surface area contributed by atoms with E-state index in [-0.39, 0.29) is 28.9 Å². The van der Waals surface area contributed by atoms with E-state index >= 15 is 0 Å². The van der Waals surface area contributed by atoms with E-state index in [0.29, 0.717) is 6.42 Å². The number of aliphatic carboxylic acids is 2. The number of carbonyl (C=O) groups excluding carboxylic acids is 2. The van der Waals surface area contributed by atoms with Crippen LogP contribution in [0.3, 0.4) is 0 Å². The van der Waals surface area contributed by atoms with Gasteiger partial charge in [-0.25, -0.2) is 9.59 Å². The lowest BCUT2D eigenvalue weighted by Crippen LogP contribution is -2.43. The van der Waals surface area contributed by atoms with E-state index in [4.69, 9.17) is 9.84 Å². The molecule has 0 spiro atoms. The molecule has 0 aromatic carbocycles. The Bertz CT molecular complexity index is 941. The fourth-order valence-electron chi connectivity index (χ4n) is 3.40. The Balaban J connectivity index is 2.46. The molecular weight excluding hydrogens is 404 g/mol. The van der Waals surface area contributed by atoms with Crippen LogP contribution in [0.2, 0.25) is 0 Å². The van der Waals surface area contributed by atoms with Gasteiger partial charge in [0.15, 0.2) is 11.4 Å². The molecule has 31 heavy (non-hydrogen) atoms. The van der Waals surface area contributed by atoms with E-state index < -0.39 is 34.7 Å². The van der Waals surface area contributed by atoms with Crippen LogP contribution >= 0.6 is 0 Å². The summed E-state index contributed by atoms with van der Waals surface area (Å²) in [6, 6.07) is 0. The van der Waals surface area contributed by atoms with Crippen molar-refractivity contribution >= 4 is 23.5 Å². The van der Waals surface area contributed by atoms with E-state index in [1.54, 1.807) is 0 Å². The quantitative estimate of drug-likeness (QED) is 0.208. The SMILES string of the molecule is CCCCCCCC(=O)/C(C(=O)O)=C1\C=C2C=C(/C=C/C(=O)O)OC=C2C(=O)[C@]1(C)O. The second-order valence-electron chi connectivity index (χ2n) is 7.55. The number of hydrogen-bond acceptors (Lipinski definition) is 6. The number of carbonyl (C=O) groups is 4. The number of hydrogen-bond donors (Lipinski definition) is 3. The standard InChI is InChI=1S/C23H26O8/c1-3-4-5-6-7-8-18(24)20(22(28)29)17-12-14-11-15(9-10-19(25)26)31-13-16(14)21(27)23(17,2)30/h9-13,30H,3-8H2,1-2H3,(H,25,26)(H,28,29)/b10-9+,20-17-/t23-/m1/s1. The maximum Gasteiger partial charge on any atom is 0.339 e. The largest absolute Gasteiger partial charge is 0.478 e. The van der Waals surface area contributed by atoms with Crippen LogP contribution in [-0.4, -0.2) is 44.4 Å². The molecule has 0 bridgehead atoms. The second kappa shape index (κ2) is 10.2. The summed E-state index contributed by atoms with van der Waals surface area (Å²) in [5.74, 6) is -4.09. The molecule has 1 atom stereocenters. The van der Waals surface area contributed by atoms with Crippen LogP contribution in [0.15, 0.2) is 58.6 Å². The highest BCUT2D eigenvalue weighted by atomic mass is 16.5. The lowest BCUT2D eigenvalue weighted by molar-refractivity contribution is -0.135. The van der Waals surface area contributed by atoms with Crippen LogP contribution in [-0.2, 0) is 23.9 Å². The van der Waals surface area contributed by atoms with Gasteiger partial charge >= 0.3 is 11.9 Å². The van der Waals surface area contributed by atoms with Crippen molar-refractivity contribution in [3.8, 4) is 0 Å². The van der Waals surface area contributed by atoms with Crippen LogP contribution in [0, 0.1) is 0 Å². The van der Waals surface area contributed by atoms with Gasteiger partial charge in [0, 0.05) is 18.1 Å². The maximum atomic E-state index is 12.8. The molecular formula is C23H26O8. The minimum Gasteiger partial charge on any atom is -0.478 e. The van der Waals surface area contributed by atoms with Crippen LogP contribution < -0.4 is 0 Å². The van der Waals surface area contributed by atoms with Gasteiger partial charge in [-0.15, -0.1) is 0 Å². The highest BCUT2D eigenvalue weighted by Crippen LogP contribution is 2.38. The van der Waals surface area contributed by atoms with Crippen molar-refractivity contribution in [2.45, 2.75) is 58.0 Å². The summed E-state index contributed by atoms with van der Waals surface area (Å²) >= 11 is 0. The lowest BCUT2D eigenvalue weighted by atomic mass is 9.75. The predicted octanol–water partition coefficient (Wildman–Crippen LogP) is 3.00. The van der Waals surface area contributed by atoms with Crippen molar-refractivity contribution in [2.24, 2.45) is 0 Å². The summed E-state index contributed by atoms with van der Waals surface area (Å²) in [7, 11) is 0. The van der Waals surface area contributed by atoms with Crippen molar-refractivity contribution in [2.75, 3.05) is 0 Å². The molecule has 3 N–H and O–H groups in total. The minimum atomic E-state index is -2.23. The Hall–Kier alpha value is -3.26. The first-order valence-corrected chi connectivity index (χ1v) is 10.1. The monoisotopic (exact) mass is 430 g/mol. The number of Topliss-reactive ketones (excluding diaryl/α,β-unsaturated/α-hetero) is 2. The van der Waals surface area contributed by atoms with Gasteiger partial charge < -0.3 is 20.1 Å². The van der Waals surface area contributed by atoms with Gasteiger partial charge in [0.05, 0.1) is 5.57 Å². The lowest BCUT2D eigenvalue weighted by Gasteiger charge is -2.32. The molecule has 2 aliphatic rings. The summed E-state index contributed by atoms with van der Waals surface area (Å²) in [5, 5.41) is 29.2. The molecule has 1 aliphatic carbocycles. The Morgan fingerprint density at radius 1 is 1.10 bits per heavy atom. The van der Waals surface area contributed by atoms with Gasteiger partial charge in [0.2, 0.25) is 5.78 Å². The number of ketones is 2. The van der Waals surface area contributed by atoms with Crippen molar-refractivity contribution in [1.29, 1.82) is 0 Å². The maximum absolute atomic E-state index is 12.8. The van der Waals surface area contributed by atoms with Crippen molar-refractivity contribution < 1.29 is 39.2 Å². The zero-order valence-corrected chi connectivity index (χ0v) is 17.5. The minimum absolute atomic E-state index is 0.00187. The molecule has 8 heteroatoms. The Morgan fingerprint density at radius 2 is 1.77 bits per heavy atom. The summed E-state index contributed by atoms with van der Waals surface area (Å²) in [6.07, 6.45) is 9.97. The second-order valence-corrected chi connectivity index (χ2v) is 7.55. The van der Waals surface area contributed by atoms with Crippen LogP contribution in [0.25, 0.3) is 0 Å². The van der Waals surface area contributed by atoms with Gasteiger partial charge in [-0.3, -0.25) is 9.59 Å². The molecule has 1 aliphatic heterocycles. The third kappa shape index (κ3) is 5.67. The summed E-state index contributed by atoms with van der Waals surface area (Å²) in [5.41, 5.74) is -2.93. The Morgan fingerprint density at radius 3 is 2.39 bits per heavy atom. The number of carboxylic acid groups (broad SMARTS) is 2. The number of rotatable bonds is 10.